The van der Waals surface area contributed by atoms with Gasteiger partial charge in [-0.1, -0.05) is 23.2 Å². The summed E-state index contributed by atoms with van der Waals surface area (Å²) in [5.74, 6) is 0.546. The van der Waals surface area contributed by atoms with Crippen LogP contribution in [-0.2, 0) is 4.74 Å². The number of hydrogen-bond acceptors (Lipinski definition) is 8. The number of aromatic nitrogens is 3. The number of halogens is 2. The maximum absolute atomic E-state index is 10.5. The molecule has 0 spiro atoms. The summed E-state index contributed by atoms with van der Waals surface area (Å²) >= 11 is 11.9. The van der Waals surface area contributed by atoms with Crippen LogP contribution in [0.25, 0.3) is 0 Å². The van der Waals surface area contributed by atoms with Crippen LogP contribution < -0.4 is 10.6 Å². The van der Waals surface area contributed by atoms with Gasteiger partial charge in [-0.15, -0.1) is 5.10 Å². The van der Waals surface area contributed by atoms with Gasteiger partial charge < -0.3 is 30.7 Å². The van der Waals surface area contributed by atoms with E-state index in [4.69, 9.17) is 27.9 Å². The van der Waals surface area contributed by atoms with Crippen molar-refractivity contribution >= 4 is 40.8 Å². The first-order chi connectivity index (χ1) is 12.3. The lowest BCUT2D eigenvalue weighted by Crippen LogP contribution is -2.51. The fourth-order valence-electron chi connectivity index (χ4n) is 2.67. The lowest BCUT2D eigenvalue weighted by atomic mass is 9.94. The number of nitrogens with one attached hydrogen (secondary N) is 3. The fourth-order valence-corrected chi connectivity index (χ4v) is 3.20. The molecule has 1 fully saturated rings. The number of aliphatic hydroxyl groups is 3. The van der Waals surface area contributed by atoms with Gasteiger partial charge in [0, 0.05) is 15.7 Å². The summed E-state index contributed by atoms with van der Waals surface area (Å²) in [5, 5.41) is 43.6. The number of rotatable bonds is 6. The van der Waals surface area contributed by atoms with Crippen LogP contribution in [0.1, 0.15) is 6.92 Å². The summed E-state index contributed by atoms with van der Waals surface area (Å²) in [5.41, 5.74) is -0.931. The Morgan fingerprint density at radius 2 is 2.08 bits per heavy atom. The summed E-state index contributed by atoms with van der Waals surface area (Å²) in [6.45, 7) is 1.31. The summed E-state index contributed by atoms with van der Waals surface area (Å²) in [7, 11) is 0. The Morgan fingerprint density at radius 1 is 1.38 bits per heavy atom. The molecule has 0 saturated carbocycles. The number of ether oxygens (including phenoxy) is 1. The van der Waals surface area contributed by atoms with Gasteiger partial charge in [0.15, 0.2) is 0 Å². The summed E-state index contributed by atoms with van der Waals surface area (Å²) < 4.78 is 5.26. The molecule has 1 aromatic heterocycles. The van der Waals surface area contributed by atoms with Crippen molar-refractivity contribution < 1.29 is 20.1 Å². The molecule has 1 aromatic carbocycles. The van der Waals surface area contributed by atoms with E-state index in [-0.39, 0.29) is 19.1 Å². The second kappa shape index (κ2) is 7.55. The van der Waals surface area contributed by atoms with Crippen LogP contribution in [0.4, 0.5) is 17.6 Å². The van der Waals surface area contributed by atoms with Crippen molar-refractivity contribution in [2.45, 2.75) is 30.8 Å². The minimum absolute atomic E-state index is 0.0579. The molecule has 11 heteroatoms. The van der Waals surface area contributed by atoms with Gasteiger partial charge >= 0.3 is 0 Å². The van der Waals surface area contributed by atoms with Crippen LogP contribution in [0.15, 0.2) is 18.2 Å². The zero-order valence-electron chi connectivity index (χ0n) is 13.8. The van der Waals surface area contributed by atoms with Crippen LogP contribution in [0.2, 0.25) is 10.0 Å². The van der Waals surface area contributed by atoms with Gasteiger partial charge in [-0.05, 0) is 25.1 Å². The minimum atomic E-state index is -1.56. The van der Waals surface area contributed by atoms with Crippen molar-refractivity contribution in [3.05, 3.63) is 28.2 Å². The SMILES string of the molecule is CC(O)[C@H]1OC[C@@](O)(CNc2n[nH]c(Nc3cc(Cl)cc(Cl)c3)n2)[C@@H]1O. The molecule has 26 heavy (non-hydrogen) atoms. The highest BCUT2D eigenvalue weighted by Gasteiger charge is 2.49. The number of aromatic amines is 1. The second-order valence-corrected chi connectivity index (χ2v) is 7.08. The largest absolute Gasteiger partial charge is 0.391 e. The zero-order chi connectivity index (χ0) is 18.9. The number of hydrogen-bond donors (Lipinski definition) is 6. The maximum Gasteiger partial charge on any atom is 0.243 e. The quantitative estimate of drug-likeness (QED) is 0.422. The second-order valence-electron chi connectivity index (χ2n) is 6.21. The van der Waals surface area contributed by atoms with E-state index in [1.807, 2.05) is 0 Å². The molecule has 2 aromatic rings. The highest BCUT2D eigenvalue weighted by molar-refractivity contribution is 6.35. The van der Waals surface area contributed by atoms with E-state index in [1.54, 1.807) is 18.2 Å². The maximum atomic E-state index is 10.5. The van der Waals surface area contributed by atoms with Crippen molar-refractivity contribution in [2.24, 2.45) is 0 Å². The van der Waals surface area contributed by atoms with Gasteiger partial charge in [-0.25, -0.2) is 5.10 Å². The Labute approximate surface area is 159 Å². The van der Waals surface area contributed by atoms with E-state index < -0.39 is 23.9 Å². The number of aliphatic hydroxyl groups excluding tert-OH is 2. The van der Waals surface area contributed by atoms with Gasteiger partial charge in [0.05, 0.1) is 19.3 Å². The molecule has 0 bridgehead atoms. The van der Waals surface area contributed by atoms with E-state index in [9.17, 15) is 15.3 Å². The van der Waals surface area contributed by atoms with Crippen molar-refractivity contribution in [2.75, 3.05) is 23.8 Å². The third-order valence-electron chi connectivity index (χ3n) is 4.03. The Bertz CT molecular complexity index is 754. The smallest absolute Gasteiger partial charge is 0.243 e. The predicted molar refractivity (Wildman–Crippen MR) is 97.0 cm³/mol. The Hall–Kier alpha value is -1.62. The van der Waals surface area contributed by atoms with Crippen LogP contribution in [0.3, 0.4) is 0 Å². The third kappa shape index (κ3) is 4.20. The van der Waals surface area contributed by atoms with Crippen LogP contribution in [-0.4, -0.2) is 67.6 Å². The molecule has 142 valence electrons. The molecule has 2 heterocycles. The number of nitrogens with zero attached hydrogens (tertiary/aromatic N) is 2. The standard InChI is InChI=1S/C15H19Cl2N5O4/c1-7(23)11-12(24)15(25,6-26-11)5-18-13-20-14(22-21-13)19-10-3-8(16)2-9(17)4-10/h2-4,7,11-12,23-25H,5-6H2,1H3,(H3,18,19,20,21,22)/t7?,11-,12-,15+/m1/s1. The molecule has 1 aliphatic rings. The fraction of sp³-hybridized carbons (Fsp3) is 0.467. The molecule has 4 atom stereocenters. The predicted octanol–water partition coefficient (Wildman–Crippen LogP) is 1.14. The Kier molecular flexibility index (Phi) is 5.56. The molecular formula is C15H19Cl2N5O4. The first-order valence-corrected chi connectivity index (χ1v) is 8.62. The van der Waals surface area contributed by atoms with E-state index in [2.05, 4.69) is 25.8 Å². The number of H-pyrrole nitrogens is 1. The average molecular weight is 404 g/mol. The molecule has 0 amide bonds. The molecule has 1 aliphatic heterocycles. The van der Waals surface area contributed by atoms with Crippen molar-refractivity contribution in [1.29, 1.82) is 0 Å². The molecule has 0 radical (unpaired) electrons. The van der Waals surface area contributed by atoms with Gasteiger partial charge in [-0.2, -0.15) is 4.98 Å². The Morgan fingerprint density at radius 3 is 2.69 bits per heavy atom. The average Bonchev–Trinajstić information content (AvgIpc) is 3.10. The van der Waals surface area contributed by atoms with Crippen LogP contribution >= 0.6 is 23.2 Å². The topological polar surface area (TPSA) is 136 Å². The van der Waals surface area contributed by atoms with E-state index in [1.165, 1.54) is 6.92 Å². The molecule has 6 N–H and O–H groups in total. The van der Waals surface area contributed by atoms with Gasteiger partial charge in [0.25, 0.3) is 0 Å². The van der Waals surface area contributed by atoms with E-state index in [0.29, 0.717) is 21.7 Å². The van der Waals surface area contributed by atoms with Crippen LogP contribution in [0.5, 0.6) is 0 Å². The van der Waals surface area contributed by atoms with Crippen molar-refractivity contribution in [3.8, 4) is 0 Å². The van der Waals surface area contributed by atoms with Gasteiger partial charge in [0.1, 0.15) is 17.8 Å². The Balaban J connectivity index is 1.60. The highest BCUT2D eigenvalue weighted by atomic mass is 35.5. The lowest BCUT2D eigenvalue weighted by Gasteiger charge is -2.27. The monoisotopic (exact) mass is 403 g/mol. The molecule has 1 unspecified atom stereocenters. The first-order valence-electron chi connectivity index (χ1n) is 7.86. The first kappa shape index (κ1) is 19.2. The van der Waals surface area contributed by atoms with Crippen molar-refractivity contribution in [1.82, 2.24) is 15.2 Å². The normalized spacial score (nSPS) is 26.7. The molecular weight excluding hydrogens is 385 g/mol. The third-order valence-corrected chi connectivity index (χ3v) is 4.46. The number of benzene rings is 1. The van der Waals surface area contributed by atoms with E-state index >= 15 is 0 Å². The summed E-state index contributed by atoms with van der Waals surface area (Å²) in [6.07, 6.45) is -2.98. The van der Waals surface area contributed by atoms with Gasteiger partial charge in [0.2, 0.25) is 11.9 Å². The minimum Gasteiger partial charge on any atom is -0.391 e. The molecule has 9 nitrogen and oxygen atoms in total. The zero-order valence-corrected chi connectivity index (χ0v) is 15.3. The van der Waals surface area contributed by atoms with E-state index in [0.717, 1.165) is 0 Å². The number of anilines is 3. The molecule has 3 rings (SSSR count). The highest BCUT2D eigenvalue weighted by Crippen LogP contribution is 2.28. The van der Waals surface area contributed by atoms with Gasteiger partial charge in [-0.3, -0.25) is 0 Å². The molecule has 1 saturated heterocycles. The summed E-state index contributed by atoms with van der Waals surface area (Å²) in [6, 6.07) is 4.96. The van der Waals surface area contributed by atoms with Crippen molar-refractivity contribution in [3.63, 3.8) is 0 Å². The lowest BCUT2D eigenvalue weighted by molar-refractivity contribution is -0.0633. The summed E-state index contributed by atoms with van der Waals surface area (Å²) in [4.78, 5) is 4.18. The van der Waals surface area contributed by atoms with Crippen LogP contribution in [0, 0.1) is 0 Å². The molecule has 0 aliphatic carbocycles.